The predicted octanol–water partition coefficient (Wildman–Crippen LogP) is 4.63. The van der Waals surface area contributed by atoms with Gasteiger partial charge in [0.05, 0.1) is 11.8 Å². The van der Waals surface area contributed by atoms with Gasteiger partial charge in [-0.25, -0.2) is 4.79 Å². The summed E-state index contributed by atoms with van der Waals surface area (Å²) in [7, 11) is 0. The first kappa shape index (κ1) is 19.4. The second kappa shape index (κ2) is 9.53. The highest BCUT2D eigenvalue weighted by Crippen LogP contribution is 2.23. The van der Waals surface area contributed by atoms with E-state index in [-0.39, 0.29) is 5.56 Å². The lowest BCUT2D eigenvalue weighted by molar-refractivity contribution is 0.0697. The van der Waals surface area contributed by atoms with E-state index in [1.165, 1.54) is 17.3 Å². The molecule has 28 heavy (non-hydrogen) atoms. The highest BCUT2D eigenvalue weighted by atomic mass is 32.2. The van der Waals surface area contributed by atoms with Gasteiger partial charge in [0.15, 0.2) is 5.17 Å². The number of carboxylic acids is 1. The Balaban J connectivity index is 1.74. The molecule has 6 heteroatoms. The molecular weight excluding hydrogens is 370 g/mol. The fourth-order valence-electron chi connectivity index (χ4n) is 2.60. The zero-order chi connectivity index (χ0) is 19.8. The normalized spacial score (nSPS) is 11.6. The fourth-order valence-corrected chi connectivity index (χ4v) is 3.21. The minimum absolute atomic E-state index is 0.240. The van der Waals surface area contributed by atoms with Crippen LogP contribution in [0.5, 0.6) is 0 Å². The molecule has 3 N–H and O–H groups in total. The largest absolute Gasteiger partial charge is 0.478 e. The van der Waals surface area contributed by atoms with E-state index in [1.54, 1.807) is 24.4 Å². The van der Waals surface area contributed by atoms with E-state index >= 15 is 0 Å². The molecule has 5 nitrogen and oxygen atoms in total. The molecule has 0 amide bonds. The van der Waals surface area contributed by atoms with Crippen molar-refractivity contribution < 1.29 is 9.90 Å². The maximum absolute atomic E-state index is 11.2. The van der Waals surface area contributed by atoms with Gasteiger partial charge in [-0.05, 0) is 28.8 Å². The number of carbonyl (C=O) groups is 1. The Morgan fingerprint density at radius 1 is 1.00 bits per heavy atom. The topological polar surface area (TPSA) is 88.0 Å². The summed E-state index contributed by atoms with van der Waals surface area (Å²) in [5, 5.41) is 17.7. The molecule has 3 aromatic rings. The lowest BCUT2D eigenvalue weighted by atomic mass is 9.99. The maximum atomic E-state index is 11.2. The first-order valence-corrected chi connectivity index (χ1v) is 9.58. The molecule has 0 unspecified atom stereocenters. The van der Waals surface area contributed by atoms with Gasteiger partial charge in [-0.2, -0.15) is 5.10 Å². The van der Waals surface area contributed by atoms with Crippen molar-refractivity contribution in [2.75, 3.05) is 0 Å². The zero-order valence-corrected chi connectivity index (χ0v) is 15.8. The molecular formula is C22H19N3O2S. The number of carboxylic acid groups (broad SMARTS) is 1. The lowest BCUT2D eigenvalue weighted by Gasteiger charge is -2.06. The summed E-state index contributed by atoms with van der Waals surface area (Å²) in [4.78, 5) is 11.2. The van der Waals surface area contributed by atoms with Crippen LogP contribution in [-0.2, 0) is 5.75 Å². The summed E-state index contributed by atoms with van der Waals surface area (Å²) in [6, 6.07) is 24.4. The van der Waals surface area contributed by atoms with Gasteiger partial charge in [0.25, 0.3) is 0 Å². The third kappa shape index (κ3) is 5.31. The Labute approximate surface area is 167 Å². The van der Waals surface area contributed by atoms with Crippen LogP contribution in [-0.4, -0.2) is 22.5 Å². The van der Waals surface area contributed by atoms with E-state index in [2.05, 4.69) is 10.2 Å². The quantitative estimate of drug-likeness (QED) is 0.365. The van der Waals surface area contributed by atoms with Gasteiger partial charge >= 0.3 is 5.97 Å². The van der Waals surface area contributed by atoms with Crippen molar-refractivity contribution in [1.82, 2.24) is 0 Å². The highest BCUT2D eigenvalue weighted by molar-refractivity contribution is 8.13. The highest BCUT2D eigenvalue weighted by Gasteiger charge is 2.07. The van der Waals surface area contributed by atoms with Crippen LogP contribution in [0.15, 0.2) is 89.1 Å². The van der Waals surface area contributed by atoms with Gasteiger partial charge in [-0.1, -0.05) is 78.5 Å². The number of hydrogen-bond donors (Lipinski definition) is 2. The first-order valence-electron chi connectivity index (χ1n) is 8.59. The molecule has 0 heterocycles. The molecule has 0 aliphatic carbocycles. The van der Waals surface area contributed by atoms with E-state index in [9.17, 15) is 9.90 Å². The van der Waals surface area contributed by atoms with Crippen molar-refractivity contribution >= 4 is 29.1 Å². The first-order chi connectivity index (χ1) is 13.6. The Morgan fingerprint density at radius 2 is 1.75 bits per heavy atom. The maximum Gasteiger partial charge on any atom is 0.335 e. The van der Waals surface area contributed by atoms with Crippen LogP contribution in [0, 0.1) is 0 Å². The van der Waals surface area contributed by atoms with E-state index in [0.717, 1.165) is 22.4 Å². The number of benzene rings is 3. The summed E-state index contributed by atoms with van der Waals surface area (Å²) in [5.74, 6) is -0.231. The van der Waals surface area contributed by atoms with Gasteiger partial charge in [-0.15, -0.1) is 5.10 Å². The number of rotatable bonds is 6. The molecule has 0 saturated carbocycles. The molecule has 0 radical (unpaired) electrons. The summed E-state index contributed by atoms with van der Waals surface area (Å²) in [6.45, 7) is 0. The van der Waals surface area contributed by atoms with Gasteiger partial charge in [-0.3, -0.25) is 0 Å². The summed E-state index contributed by atoms with van der Waals surface area (Å²) < 4.78 is 0. The van der Waals surface area contributed by atoms with Gasteiger partial charge in [0, 0.05) is 11.3 Å². The van der Waals surface area contributed by atoms with Crippen molar-refractivity contribution in [3.8, 4) is 11.1 Å². The Hall–Kier alpha value is -3.38. The number of nitrogens with two attached hydrogens (primary N) is 1. The fraction of sp³-hybridized carbons (Fsp3) is 0.0455. The Morgan fingerprint density at radius 3 is 2.54 bits per heavy atom. The average Bonchev–Trinajstić information content (AvgIpc) is 2.73. The lowest BCUT2D eigenvalue weighted by Crippen LogP contribution is -2.06. The molecule has 140 valence electrons. The number of hydrogen-bond acceptors (Lipinski definition) is 4. The smallest absolute Gasteiger partial charge is 0.335 e. The molecule has 0 aliphatic rings. The Bertz CT molecular complexity index is 1020. The van der Waals surface area contributed by atoms with Crippen LogP contribution < -0.4 is 5.73 Å². The number of nitrogens with zero attached hydrogens (tertiary/aromatic N) is 2. The minimum atomic E-state index is -0.958. The average molecular weight is 389 g/mol. The van der Waals surface area contributed by atoms with Gasteiger partial charge in [0.1, 0.15) is 0 Å². The molecule has 0 aliphatic heterocycles. The molecule has 0 saturated heterocycles. The Kier molecular flexibility index (Phi) is 6.59. The van der Waals surface area contributed by atoms with Gasteiger partial charge < -0.3 is 10.8 Å². The number of thioether (sulfide) groups is 1. The predicted molar refractivity (Wildman–Crippen MR) is 116 cm³/mol. The zero-order valence-electron chi connectivity index (χ0n) is 15.0. The third-order valence-electron chi connectivity index (χ3n) is 3.96. The number of aromatic carboxylic acids is 1. The minimum Gasteiger partial charge on any atom is -0.478 e. The van der Waals surface area contributed by atoms with E-state index < -0.39 is 5.97 Å². The molecule has 0 fully saturated rings. The van der Waals surface area contributed by atoms with E-state index in [4.69, 9.17) is 5.73 Å². The standard InChI is InChI=1S/C22H19N3O2S/c23-22(28-15-16-7-2-1-3-8-16)25-24-14-19-9-4-5-12-20(19)17-10-6-11-18(13-17)21(26)27/h1-14H,15H2,(H2,23,25)(H,26,27). The van der Waals surface area contributed by atoms with Crippen molar-refractivity contribution in [2.45, 2.75) is 5.75 Å². The van der Waals surface area contributed by atoms with Crippen molar-refractivity contribution in [3.05, 3.63) is 95.6 Å². The third-order valence-corrected chi connectivity index (χ3v) is 4.82. The SMILES string of the molecule is NC(=NN=Cc1ccccc1-c1cccc(C(=O)O)c1)SCc1ccccc1. The van der Waals surface area contributed by atoms with Crippen LogP contribution in [0.3, 0.4) is 0 Å². The van der Waals surface area contributed by atoms with E-state index in [0.29, 0.717) is 5.17 Å². The second-order valence-corrected chi connectivity index (χ2v) is 6.93. The van der Waals surface area contributed by atoms with Crippen molar-refractivity contribution in [2.24, 2.45) is 15.9 Å². The summed E-state index contributed by atoms with van der Waals surface area (Å²) in [5.41, 5.74) is 9.83. The van der Waals surface area contributed by atoms with Crippen LogP contribution in [0.1, 0.15) is 21.5 Å². The molecule has 0 aromatic heterocycles. The van der Waals surface area contributed by atoms with Crippen molar-refractivity contribution in [3.63, 3.8) is 0 Å². The monoisotopic (exact) mass is 389 g/mol. The molecule has 0 bridgehead atoms. The molecule has 3 aromatic carbocycles. The van der Waals surface area contributed by atoms with Crippen LogP contribution in [0.4, 0.5) is 0 Å². The van der Waals surface area contributed by atoms with Crippen LogP contribution >= 0.6 is 11.8 Å². The molecule has 3 rings (SSSR count). The molecule has 0 spiro atoms. The second-order valence-electron chi connectivity index (χ2n) is 5.93. The van der Waals surface area contributed by atoms with Crippen LogP contribution in [0.2, 0.25) is 0 Å². The summed E-state index contributed by atoms with van der Waals surface area (Å²) >= 11 is 1.42. The van der Waals surface area contributed by atoms with Gasteiger partial charge in [0.2, 0.25) is 0 Å². The van der Waals surface area contributed by atoms with Crippen molar-refractivity contribution in [1.29, 1.82) is 0 Å². The summed E-state index contributed by atoms with van der Waals surface area (Å²) in [6.07, 6.45) is 1.62. The molecule has 0 atom stereocenters. The number of amidine groups is 1. The van der Waals surface area contributed by atoms with Crippen LogP contribution in [0.25, 0.3) is 11.1 Å². The van der Waals surface area contributed by atoms with E-state index in [1.807, 2.05) is 60.7 Å².